The fourth-order valence-corrected chi connectivity index (χ4v) is 2.37. The first-order valence-corrected chi connectivity index (χ1v) is 6.94. The fraction of sp³-hybridized carbons (Fsp3) is 0.0667. The molecule has 0 radical (unpaired) electrons. The van der Waals surface area contributed by atoms with Crippen LogP contribution in [0.15, 0.2) is 51.5 Å². The van der Waals surface area contributed by atoms with Crippen molar-refractivity contribution in [1.82, 2.24) is 10.1 Å². The monoisotopic (exact) mass is 346 g/mol. The zero-order valence-electron chi connectivity index (χ0n) is 11.1. The number of halogens is 1. The van der Waals surface area contributed by atoms with Gasteiger partial charge in [-0.1, -0.05) is 33.2 Å². The van der Waals surface area contributed by atoms with Gasteiger partial charge in [0.15, 0.2) is 11.5 Å². The lowest BCUT2D eigenvalue weighted by atomic mass is 10.2. The molecule has 0 aliphatic rings. The van der Waals surface area contributed by atoms with Crippen molar-refractivity contribution >= 4 is 15.9 Å². The third kappa shape index (κ3) is 2.62. The van der Waals surface area contributed by atoms with Crippen molar-refractivity contribution in [3.63, 3.8) is 0 Å². The fourth-order valence-electron chi connectivity index (χ4n) is 1.90. The second-order valence-electron chi connectivity index (χ2n) is 4.29. The smallest absolute Gasteiger partial charge is 0.258 e. The Morgan fingerprint density at radius 3 is 2.76 bits per heavy atom. The van der Waals surface area contributed by atoms with Crippen LogP contribution < -0.4 is 4.74 Å². The summed E-state index contributed by atoms with van der Waals surface area (Å²) in [5, 5.41) is 13.6. The van der Waals surface area contributed by atoms with Gasteiger partial charge in [-0.05, 0) is 30.3 Å². The molecule has 5 nitrogen and oxygen atoms in total. The van der Waals surface area contributed by atoms with Crippen LogP contribution in [0.1, 0.15) is 0 Å². The highest BCUT2D eigenvalue weighted by Gasteiger charge is 2.14. The van der Waals surface area contributed by atoms with Crippen LogP contribution in [-0.2, 0) is 0 Å². The van der Waals surface area contributed by atoms with E-state index in [0.29, 0.717) is 23.0 Å². The Bertz CT molecular complexity index is 786. The molecule has 0 aliphatic heterocycles. The van der Waals surface area contributed by atoms with E-state index in [1.807, 2.05) is 24.3 Å². The Hall–Kier alpha value is -2.34. The number of rotatable bonds is 3. The van der Waals surface area contributed by atoms with Crippen LogP contribution >= 0.6 is 15.9 Å². The van der Waals surface area contributed by atoms with Crippen molar-refractivity contribution in [2.24, 2.45) is 0 Å². The summed E-state index contributed by atoms with van der Waals surface area (Å²) in [6.45, 7) is 0. The molecule has 3 rings (SSSR count). The average Bonchev–Trinajstić information content (AvgIpc) is 2.98. The number of methoxy groups -OCH3 is 1. The number of hydrogen-bond donors (Lipinski definition) is 1. The average molecular weight is 347 g/mol. The summed E-state index contributed by atoms with van der Waals surface area (Å²) < 4.78 is 11.2. The summed E-state index contributed by atoms with van der Waals surface area (Å²) in [5.74, 6) is 1.27. The Balaban J connectivity index is 2.01. The van der Waals surface area contributed by atoms with Gasteiger partial charge in [0.25, 0.3) is 5.89 Å². The Labute approximate surface area is 129 Å². The SMILES string of the molecule is COc1cc(-c2nc(-c3ccccc3Br)no2)ccc1O. The molecule has 1 heterocycles. The van der Waals surface area contributed by atoms with Gasteiger partial charge in [0.05, 0.1) is 7.11 Å². The zero-order chi connectivity index (χ0) is 14.8. The van der Waals surface area contributed by atoms with Crippen molar-refractivity contribution in [2.45, 2.75) is 0 Å². The molecule has 0 amide bonds. The number of benzene rings is 2. The van der Waals surface area contributed by atoms with Crippen LogP contribution in [0.25, 0.3) is 22.8 Å². The maximum absolute atomic E-state index is 9.60. The van der Waals surface area contributed by atoms with Gasteiger partial charge in [-0.25, -0.2) is 0 Å². The molecule has 1 N–H and O–H groups in total. The number of ether oxygens (including phenoxy) is 1. The molecule has 0 saturated carbocycles. The van der Waals surface area contributed by atoms with Crippen molar-refractivity contribution in [3.8, 4) is 34.3 Å². The van der Waals surface area contributed by atoms with Gasteiger partial charge in [-0.3, -0.25) is 0 Å². The van der Waals surface area contributed by atoms with Crippen molar-refractivity contribution in [1.29, 1.82) is 0 Å². The van der Waals surface area contributed by atoms with E-state index in [9.17, 15) is 5.11 Å². The van der Waals surface area contributed by atoms with Crippen LogP contribution in [0, 0.1) is 0 Å². The molecular formula is C15H11BrN2O3. The molecule has 1 aromatic heterocycles. The Morgan fingerprint density at radius 2 is 2.00 bits per heavy atom. The molecule has 6 heteroatoms. The number of phenolic OH excluding ortho intramolecular Hbond substituents is 1. The summed E-state index contributed by atoms with van der Waals surface area (Å²) in [6, 6.07) is 12.5. The van der Waals surface area contributed by atoms with E-state index in [-0.39, 0.29) is 5.75 Å². The summed E-state index contributed by atoms with van der Waals surface area (Å²) in [6.07, 6.45) is 0. The molecule has 21 heavy (non-hydrogen) atoms. The first kappa shape index (κ1) is 13.6. The molecule has 0 unspecified atom stereocenters. The number of aromatic hydroxyl groups is 1. The first-order chi connectivity index (χ1) is 10.2. The predicted octanol–water partition coefficient (Wildman–Crippen LogP) is 3.88. The molecular weight excluding hydrogens is 336 g/mol. The Morgan fingerprint density at radius 1 is 1.19 bits per heavy atom. The minimum Gasteiger partial charge on any atom is -0.504 e. The lowest BCUT2D eigenvalue weighted by Crippen LogP contribution is -1.86. The molecule has 3 aromatic rings. The summed E-state index contributed by atoms with van der Waals surface area (Å²) in [4.78, 5) is 4.37. The summed E-state index contributed by atoms with van der Waals surface area (Å²) >= 11 is 3.46. The molecule has 0 aliphatic carbocycles. The van der Waals surface area contributed by atoms with Crippen molar-refractivity contribution < 1.29 is 14.4 Å². The van der Waals surface area contributed by atoms with Crippen LogP contribution in [0.3, 0.4) is 0 Å². The Kier molecular flexibility index (Phi) is 3.62. The highest BCUT2D eigenvalue weighted by Crippen LogP contribution is 2.32. The summed E-state index contributed by atoms with van der Waals surface area (Å²) in [5.41, 5.74) is 1.52. The number of phenols is 1. The number of nitrogens with zero attached hydrogens (tertiary/aromatic N) is 2. The van der Waals surface area contributed by atoms with E-state index in [4.69, 9.17) is 9.26 Å². The third-order valence-corrected chi connectivity index (χ3v) is 3.66. The molecule has 106 valence electrons. The van der Waals surface area contributed by atoms with Gasteiger partial charge in [0.2, 0.25) is 5.82 Å². The maximum Gasteiger partial charge on any atom is 0.258 e. The number of aromatic nitrogens is 2. The van der Waals surface area contributed by atoms with Gasteiger partial charge in [0, 0.05) is 15.6 Å². The quantitative estimate of drug-likeness (QED) is 0.779. The van der Waals surface area contributed by atoms with Crippen LogP contribution in [0.4, 0.5) is 0 Å². The lowest BCUT2D eigenvalue weighted by molar-refractivity contribution is 0.373. The maximum atomic E-state index is 9.60. The molecule has 0 atom stereocenters. The van der Waals surface area contributed by atoms with Gasteiger partial charge in [-0.2, -0.15) is 4.98 Å². The second-order valence-corrected chi connectivity index (χ2v) is 5.14. The van der Waals surface area contributed by atoms with Crippen molar-refractivity contribution in [3.05, 3.63) is 46.9 Å². The summed E-state index contributed by atoms with van der Waals surface area (Å²) in [7, 11) is 1.49. The third-order valence-electron chi connectivity index (χ3n) is 2.97. The van der Waals surface area contributed by atoms with E-state index < -0.39 is 0 Å². The molecule has 0 fully saturated rings. The molecule has 0 spiro atoms. The van der Waals surface area contributed by atoms with Crippen LogP contribution in [-0.4, -0.2) is 22.4 Å². The predicted molar refractivity (Wildman–Crippen MR) is 81.1 cm³/mol. The minimum atomic E-state index is 0.0618. The zero-order valence-corrected chi connectivity index (χ0v) is 12.7. The first-order valence-electron chi connectivity index (χ1n) is 6.15. The minimum absolute atomic E-state index is 0.0618. The van der Waals surface area contributed by atoms with E-state index in [1.165, 1.54) is 13.2 Å². The number of hydrogen-bond acceptors (Lipinski definition) is 5. The second kappa shape index (κ2) is 5.57. The molecule has 0 saturated heterocycles. The van der Waals surface area contributed by atoms with E-state index in [0.717, 1.165) is 10.0 Å². The standard InChI is InChI=1S/C15H11BrN2O3/c1-20-13-8-9(6-7-12(13)19)15-17-14(18-21-15)10-4-2-3-5-11(10)16/h2-8,19H,1H3. The van der Waals surface area contributed by atoms with Crippen molar-refractivity contribution in [2.75, 3.05) is 7.11 Å². The topological polar surface area (TPSA) is 68.4 Å². The van der Waals surface area contributed by atoms with Crippen LogP contribution in [0.5, 0.6) is 11.5 Å². The highest BCUT2D eigenvalue weighted by molar-refractivity contribution is 9.10. The normalized spacial score (nSPS) is 10.6. The molecule has 2 aromatic carbocycles. The van der Waals surface area contributed by atoms with E-state index >= 15 is 0 Å². The largest absolute Gasteiger partial charge is 0.504 e. The van der Waals surface area contributed by atoms with E-state index in [2.05, 4.69) is 26.1 Å². The van der Waals surface area contributed by atoms with Crippen LogP contribution in [0.2, 0.25) is 0 Å². The van der Waals surface area contributed by atoms with E-state index in [1.54, 1.807) is 12.1 Å². The van der Waals surface area contributed by atoms with Gasteiger partial charge >= 0.3 is 0 Å². The van der Waals surface area contributed by atoms with Gasteiger partial charge < -0.3 is 14.4 Å². The molecule has 0 bridgehead atoms. The van der Waals surface area contributed by atoms with Gasteiger partial charge in [0.1, 0.15) is 0 Å². The highest BCUT2D eigenvalue weighted by atomic mass is 79.9. The van der Waals surface area contributed by atoms with Gasteiger partial charge in [-0.15, -0.1) is 0 Å². The lowest BCUT2D eigenvalue weighted by Gasteiger charge is -2.03.